The van der Waals surface area contributed by atoms with Gasteiger partial charge in [-0.2, -0.15) is 0 Å². The topological polar surface area (TPSA) is 107 Å². The summed E-state index contributed by atoms with van der Waals surface area (Å²) in [6, 6.07) is 4.16. The van der Waals surface area contributed by atoms with E-state index in [1.165, 1.54) is 18.2 Å². The summed E-state index contributed by atoms with van der Waals surface area (Å²) in [5.74, 6) is -0.690. The summed E-state index contributed by atoms with van der Waals surface area (Å²) in [6.45, 7) is 3.05. The third kappa shape index (κ3) is 2.82. The monoisotopic (exact) mass is 265 g/mol. The van der Waals surface area contributed by atoms with Gasteiger partial charge in [-0.1, -0.05) is 0 Å². The van der Waals surface area contributed by atoms with Crippen LogP contribution in [-0.4, -0.2) is 29.6 Å². The van der Waals surface area contributed by atoms with Crippen LogP contribution in [0.4, 0.5) is 11.4 Å². The van der Waals surface area contributed by atoms with Gasteiger partial charge in [0, 0.05) is 18.2 Å². The average Bonchev–Trinajstić information content (AvgIpc) is 2.75. The zero-order valence-electron chi connectivity index (χ0n) is 10.5. The van der Waals surface area contributed by atoms with Crippen molar-refractivity contribution in [3.63, 3.8) is 0 Å². The van der Waals surface area contributed by atoms with Crippen LogP contribution in [0.2, 0.25) is 0 Å². The lowest BCUT2D eigenvalue weighted by Gasteiger charge is -2.24. The summed E-state index contributed by atoms with van der Waals surface area (Å²) in [5.41, 5.74) is 5.10. The molecule has 7 nitrogen and oxygen atoms in total. The average molecular weight is 265 g/mol. The second kappa shape index (κ2) is 4.85. The Bertz CT molecular complexity index is 524. The van der Waals surface area contributed by atoms with E-state index < -0.39 is 10.8 Å². The molecule has 2 rings (SSSR count). The van der Waals surface area contributed by atoms with E-state index in [0.29, 0.717) is 18.9 Å². The van der Waals surface area contributed by atoms with E-state index >= 15 is 0 Å². The molecule has 0 radical (unpaired) electrons. The Morgan fingerprint density at radius 1 is 1.58 bits per heavy atom. The molecule has 1 aromatic carbocycles. The van der Waals surface area contributed by atoms with Gasteiger partial charge >= 0.3 is 0 Å². The molecule has 3 N–H and O–H groups in total. The van der Waals surface area contributed by atoms with E-state index in [0.717, 1.165) is 6.42 Å². The van der Waals surface area contributed by atoms with Crippen LogP contribution in [0.1, 0.15) is 23.7 Å². The first-order chi connectivity index (χ1) is 8.91. The smallest absolute Gasteiger partial charge is 0.293 e. The number of ether oxygens (including phenoxy) is 1. The third-order valence-electron chi connectivity index (χ3n) is 3.13. The van der Waals surface area contributed by atoms with Crippen LogP contribution >= 0.6 is 0 Å². The van der Waals surface area contributed by atoms with Gasteiger partial charge in [0.15, 0.2) is 0 Å². The first-order valence-electron chi connectivity index (χ1n) is 5.85. The van der Waals surface area contributed by atoms with Crippen LogP contribution in [0.3, 0.4) is 0 Å². The minimum Gasteiger partial charge on any atom is -0.379 e. The number of carbonyl (C=O) groups excluding carboxylic acids is 1. The predicted octanol–water partition coefficient (Wildman–Crippen LogP) is 1.28. The van der Waals surface area contributed by atoms with Gasteiger partial charge in [-0.15, -0.1) is 0 Å². The molecule has 0 spiro atoms. The first-order valence-corrected chi connectivity index (χ1v) is 5.85. The van der Waals surface area contributed by atoms with Crippen molar-refractivity contribution in [3.05, 3.63) is 33.9 Å². The lowest BCUT2D eigenvalue weighted by Crippen LogP contribution is -2.35. The molecule has 1 aliphatic heterocycles. The highest BCUT2D eigenvalue weighted by molar-refractivity contribution is 5.94. The summed E-state index contributed by atoms with van der Waals surface area (Å²) >= 11 is 0. The molecule has 1 aliphatic rings. The highest BCUT2D eigenvalue weighted by atomic mass is 16.6. The molecule has 1 unspecified atom stereocenters. The number of primary amides is 1. The van der Waals surface area contributed by atoms with Gasteiger partial charge < -0.3 is 15.8 Å². The Morgan fingerprint density at radius 3 is 2.84 bits per heavy atom. The number of carbonyl (C=O) groups is 1. The van der Waals surface area contributed by atoms with Gasteiger partial charge in [0.05, 0.1) is 17.1 Å². The van der Waals surface area contributed by atoms with Gasteiger partial charge in [-0.05, 0) is 25.5 Å². The van der Waals surface area contributed by atoms with Crippen LogP contribution in [0, 0.1) is 10.1 Å². The molecule has 0 aliphatic carbocycles. The van der Waals surface area contributed by atoms with Crippen molar-refractivity contribution < 1.29 is 14.5 Å². The maximum Gasteiger partial charge on any atom is 0.293 e. The molecule has 1 fully saturated rings. The molecule has 1 saturated heterocycles. The Morgan fingerprint density at radius 2 is 2.32 bits per heavy atom. The SMILES string of the molecule is CC1(Nc2ccc(C(N)=O)cc2[N+](=O)[O-])CCOC1. The predicted molar refractivity (Wildman–Crippen MR) is 69.1 cm³/mol. The third-order valence-corrected chi connectivity index (χ3v) is 3.13. The molecule has 0 aromatic heterocycles. The Hall–Kier alpha value is -2.15. The fourth-order valence-electron chi connectivity index (χ4n) is 2.03. The number of benzene rings is 1. The summed E-state index contributed by atoms with van der Waals surface area (Å²) in [5, 5.41) is 14.2. The minimum atomic E-state index is -0.690. The largest absolute Gasteiger partial charge is 0.379 e. The number of rotatable bonds is 4. The number of nitro benzene ring substituents is 1. The van der Waals surface area contributed by atoms with Crippen LogP contribution in [0.5, 0.6) is 0 Å². The fraction of sp³-hybridized carbons (Fsp3) is 0.417. The van der Waals surface area contributed by atoms with Gasteiger partial charge in [-0.25, -0.2) is 0 Å². The minimum absolute atomic E-state index is 0.116. The van der Waals surface area contributed by atoms with Gasteiger partial charge in [-0.3, -0.25) is 14.9 Å². The standard InChI is InChI=1S/C12H15N3O4/c1-12(4-5-19-7-12)14-9-3-2-8(11(13)16)6-10(9)15(17)18/h2-3,6,14H,4-5,7H2,1H3,(H2,13,16). The van der Waals surface area contributed by atoms with Crippen LogP contribution in [-0.2, 0) is 4.74 Å². The number of nitro groups is 1. The zero-order valence-corrected chi connectivity index (χ0v) is 10.5. The van der Waals surface area contributed by atoms with E-state index in [9.17, 15) is 14.9 Å². The van der Waals surface area contributed by atoms with Crippen molar-refractivity contribution in [2.24, 2.45) is 5.73 Å². The Kier molecular flexibility index (Phi) is 3.39. The van der Waals surface area contributed by atoms with Gasteiger partial charge in [0.25, 0.3) is 5.69 Å². The van der Waals surface area contributed by atoms with Gasteiger partial charge in [0.1, 0.15) is 5.69 Å². The molecule has 1 amide bonds. The molecule has 7 heteroatoms. The molecule has 0 saturated carbocycles. The highest BCUT2D eigenvalue weighted by Crippen LogP contribution is 2.31. The molecule has 1 atom stereocenters. The number of hydrogen-bond donors (Lipinski definition) is 2. The van der Waals surface area contributed by atoms with Crippen molar-refractivity contribution in [1.82, 2.24) is 0 Å². The van der Waals surface area contributed by atoms with E-state index in [2.05, 4.69) is 5.32 Å². The molecule has 1 aromatic rings. The summed E-state index contributed by atoms with van der Waals surface area (Å²) in [4.78, 5) is 21.6. The number of anilines is 1. The second-order valence-corrected chi connectivity index (χ2v) is 4.84. The number of nitrogens with zero attached hydrogens (tertiary/aromatic N) is 1. The first kappa shape index (κ1) is 13.3. The van der Waals surface area contributed by atoms with Gasteiger partial charge in [0.2, 0.25) is 5.91 Å². The normalized spacial score (nSPS) is 22.2. The maximum atomic E-state index is 11.1. The van der Waals surface area contributed by atoms with Crippen molar-refractivity contribution in [2.75, 3.05) is 18.5 Å². The van der Waals surface area contributed by atoms with Crippen LogP contribution in [0.15, 0.2) is 18.2 Å². The number of hydrogen-bond acceptors (Lipinski definition) is 5. The molecule has 0 bridgehead atoms. The van der Waals surface area contributed by atoms with E-state index in [4.69, 9.17) is 10.5 Å². The van der Waals surface area contributed by atoms with E-state index in [-0.39, 0.29) is 16.8 Å². The van der Waals surface area contributed by atoms with Crippen molar-refractivity contribution in [1.29, 1.82) is 0 Å². The second-order valence-electron chi connectivity index (χ2n) is 4.84. The lowest BCUT2D eigenvalue weighted by atomic mass is 10.0. The number of nitrogens with one attached hydrogen (secondary N) is 1. The molecule has 19 heavy (non-hydrogen) atoms. The van der Waals surface area contributed by atoms with Crippen molar-refractivity contribution in [3.8, 4) is 0 Å². The molecule has 102 valence electrons. The van der Waals surface area contributed by atoms with E-state index in [1.807, 2.05) is 6.92 Å². The quantitative estimate of drug-likeness (QED) is 0.630. The highest BCUT2D eigenvalue weighted by Gasteiger charge is 2.31. The Balaban J connectivity index is 2.34. The maximum absolute atomic E-state index is 11.1. The van der Waals surface area contributed by atoms with Crippen LogP contribution in [0.25, 0.3) is 0 Å². The van der Waals surface area contributed by atoms with Crippen molar-refractivity contribution >= 4 is 17.3 Å². The lowest BCUT2D eigenvalue weighted by molar-refractivity contribution is -0.384. The zero-order chi connectivity index (χ0) is 14.0. The van der Waals surface area contributed by atoms with Crippen molar-refractivity contribution in [2.45, 2.75) is 18.9 Å². The molecular formula is C12H15N3O4. The molecular weight excluding hydrogens is 250 g/mol. The summed E-state index contributed by atoms with van der Waals surface area (Å²) < 4.78 is 5.29. The Labute approximate surface area is 109 Å². The molecule has 1 heterocycles. The summed E-state index contributed by atoms with van der Waals surface area (Å²) in [6.07, 6.45) is 0.766. The fourth-order valence-corrected chi connectivity index (χ4v) is 2.03. The van der Waals surface area contributed by atoms with Crippen LogP contribution < -0.4 is 11.1 Å². The summed E-state index contributed by atoms with van der Waals surface area (Å²) in [7, 11) is 0. The van der Waals surface area contributed by atoms with E-state index in [1.54, 1.807) is 0 Å². The number of amides is 1. The number of nitrogens with two attached hydrogens (primary N) is 1.